The van der Waals surface area contributed by atoms with Crippen LogP contribution in [0.1, 0.15) is 27.2 Å². The van der Waals surface area contributed by atoms with E-state index in [2.05, 4.69) is 10.6 Å². The number of rotatable bonds is 6. The second-order valence-electron chi connectivity index (χ2n) is 8.02. The van der Waals surface area contributed by atoms with Crippen molar-refractivity contribution in [3.05, 3.63) is 82.7 Å². The number of hydrogen-bond donors (Lipinski definition) is 2. The van der Waals surface area contributed by atoms with Gasteiger partial charge in [-0.2, -0.15) is 0 Å². The number of nitrogens with one attached hydrogen (secondary N) is 2. The van der Waals surface area contributed by atoms with Crippen molar-refractivity contribution in [2.24, 2.45) is 0 Å². The van der Waals surface area contributed by atoms with Crippen LogP contribution in [-0.2, 0) is 14.3 Å². The van der Waals surface area contributed by atoms with Gasteiger partial charge in [-0.3, -0.25) is 9.59 Å². The van der Waals surface area contributed by atoms with Crippen LogP contribution in [0.2, 0.25) is 0 Å². The minimum Gasteiger partial charge on any atom is -0.465 e. The number of esters is 1. The zero-order valence-corrected chi connectivity index (χ0v) is 19.4. The molecule has 0 saturated carbocycles. The highest BCUT2D eigenvalue weighted by molar-refractivity contribution is 6.15. The summed E-state index contributed by atoms with van der Waals surface area (Å²) in [4.78, 5) is 50.1. The van der Waals surface area contributed by atoms with Crippen LogP contribution in [0.25, 0.3) is 17.4 Å². The minimum atomic E-state index is -0.700. The van der Waals surface area contributed by atoms with Crippen molar-refractivity contribution in [3.63, 3.8) is 0 Å². The third kappa shape index (κ3) is 5.14. The molecule has 4 rings (SSSR count). The van der Waals surface area contributed by atoms with E-state index >= 15 is 0 Å². The molecule has 1 fully saturated rings. The van der Waals surface area contributed by atoms with Crippen LogP contribution in [0.15, 0.2) is 64.7 Å². The topological polar surface area (TPSA) is 118 Å². The molecule has 1 aromatic heterocycles. The predicted octanol–water partition coefficient (Wildman–Crippen LogP) is 3.88. The Labute approximate surface area is 201 Å². The first-order valence-corrected chi connectivity index (χ1v) is 10.8. The maximum Gasteiger partial charge on any atom is 0.337 e. The summed E-state index contributed by atoms with van der Waals surface area (Å²) in [6, 6.07) is 14.9. The summed E-state index contributed by atoms with van der Waals surface area (Å²) >= 11 is 0. The highest BCUT2D eigenvalue weighted by Gasteiger charge is 2.35. The molecule has 9 heteroatoms. The number of urea groups is 1. The second-order valence-corrected chi connectivity index (χ2v) is 8.02. The van der Waals surface area contributed by atoms with Gasteiger partial charge in [0.2, 0.25) is 5.91 Å². The van der Waals surface area contributed by atoms with Crippen LogP contribution in [0.4, 0.5) is 10.5 Å². The van der Waals surface area contributed by atoms with E-state index in [1.807, 2.05) is 26.0 Å². The molecule has 1 aliphatic heterocycles. The predicted molar refractivity (Wildman–Crippen MR) is 128 cm³/mol. The fraction of sp³-hybridized carbons (Fsp3) is 0.154. The van der Waals surface area contributed by atoms with Crippen molar-refractivity contribution < 1.29 is 28.3 Å². The lowest BCUT2D eigenvalue weighted by Crippen LogP contribution is -2.38. The monoisotopic (exact) mass is 473 g/mol. The van der Waals surface area contributed by atoms with E-state index in [-0.39, 0.29) is 5.70 Å². The zero-order valence-electron chi connectivity index (χ0n) is 19.4. The molecular formula is C26H23N3O6. The molecule has 3 aromatic rings. The third-order valence-electron chi connectivity index (χ3n) is 5.44. The van der Waals surface area contributed by atoms with E-state index in [1.165, 1.54) is 13.2 Å². The lowest BCUT2D eigenvalue weighted by molar-refractivity contribution is -0.127. The quantitative estimate of drug-likeness (QED) is 0.319. The smallest absolute Gasteiger partial charge is 0.337 e. The van der Waals surface area contributed by atoms with Gasteiger partial charge in [0.1, 0.15) is 23.8 Å². The van der Waals surface area contributed by atoms with Gasteiger partial charge in [-0.25, -0.2) is 14.5 Å². The maximum absolute atomic E-state index is 12.7. The first-order chi connectivity index (χ1) is 16.7. The van der Waals surface area contributed by atoms with Crippen LogP contribution in [0, 0.1) is 13.8 Å². The maximum atomic E-state index is 12.7. The number of imide groups is 1. The van der Waals surface area contributed by atoms with Crippen molar-refractivity contribution >= 4 is 35.6 Å². The Morgan fingerprint density at radius 2 is 1.80 bits per heavy atom. The minimum absolute atomic E-state index is 0.0148. The third-order valence-corrected chi connectivity index (χ3v) is 5.44. The van der Waals surface area contributed by atoms with Crippen LogP contribution in [0.3, 0.4) is 0 Å². The van der Waals surface area contributed by atoms with Gasteiger partial charge >= 0.3 is 12.0 Å². The number of amides is 4. The van der Waals surface area contributed by atoms with E-state index in [0.29, 0.717) is 28.3 Å². The van der Waals surface area contributed by atoms with Gasteiger partial charge in [0.15, 0.2) is 0 Å². The van der Waals surface area contributed by atoms with E-state index in [1.54, 1.807) is 42.5 Å². The van der Waals surface area contributed by atoms with Gasteiger partial charge in [0, 0.05) is 17.3 Å². The van der Waals surface area contributed by atoms with Crippen molar-refractivity contribution in [2.75, 3.05) is 19.0 Å². The van der Waals surface area contributed by atoms with E-state index in [4.69, 9.17) is 9.15 Å². The lowest BCUT2D eigenvalue weighted by Gasteiger charge is -2.12. The van der Waals surface area contributed by atoms with Gasteiger partial charge < -0.3 is 19.8 Å². The Hall–Kier alpha value is -4.66. The Morgan fingerprint density at radius 3 is 2.51 bits per heavy atom. The Morgan fingerprint density at radius 1 is 1.06 bits per heavy atom. The molecule has 2 N–H and O–H groups in total. The van der Waals surface area contributed by atoms with Crippen LogP contribution < -0.4 is 10.6 Å². The molecule has 9 nitrogen and oxygen atoms in total. The molecule has 0 aliphatic carbocycles. The second kappa shape index (κ2) is 9.68. The Kier molecular flexibility index (Phi) is 6.50. The molecule has 35 heavy (non-hydrogen) atoms. The first-order valence-electron chi connectivity index (χ1n) is 10.8. The van der Waals surface area contributed by atoms with Crippen molar-refractivity contribution in [1.82, 2.24) is 10.2 Å². The molecule has 2 aromatic carbocycles. The molecule has 0 spiro atoms. The summed E-state index contributed by atoms with van der Waals surface area (Å²) in [7, 11) is 1.31. The van der Waals surface area contributed by atoms with Gasteiger partial charge in [-0.15, -0.1) is 0 Å². The number of furan rings is 1. The number of aryl methyl sites for hydroxylation is 2. The largest absolute Gasteiger partial charge is 0.465 e. The fourth-order valence-corrected chi connectivity index (χ4v) is 3.55. The average molecular weight is 473 g/mol. The van der Waals surface area contributed by atoms with Crippen LogP contribution in [0.5, 0.6) is 0 Å². The van der Waals surface area contributed by atoms with E-state index in [9.17, 15) is 19.2 Å². The number of ether oxygens (including phenoxy) is 1. The number of hydrogen-bond acceptors (Lipinski definition) is 6. The van der Waals surface area contributed by atoms with Gasteiger partial charge in [0.25, 0.3) is 5.91 Å². The summed E-state index contributed by atoms with van der Waals surface area (Å²) in [6.45, 7) is 3.37. The number of methoxy groups -OCH3 is 1. The molecular weight excluding hydrogens is 450 g/mol. The molecule has 0 bridgehead atoms. The number of anilines is 1. The molecule has 0 unspecified atom stereocenters. The van der Waals surface area contributed by atoms with E-state index in [0.717, 1.165) is 16.0 Å². The highest BCUT2D eigenvalue weighted by Crippen LogP contribution is 2.28. The van der Waals surface area contributed by atoms with Crippen LogP contribution in [-0.4, -0.2) is 42.4 Å². The summed E-state index contributed by atoms with van der Waals surface area (Å²) < 4.78 is 10.6. The van der Waals surface area contributed by atoms with Crippen molar-refractivity contribution in [2.45, 2.75) is 13.8 Å². The number of carbonyl (C=O) groups is 4. The normalized spacial score (nSPS) is 14.3. The molecule has 178 valence electrons. The number of carbonyl (C=O) groups excluding carboxylic acids is 4. The number of benzene rings is 2. The van der Waals surface area contributed by atoms with E-state index < -0.39 is 30.4 Å². The molecule has 2 heterocycles. The molecule has 0 radical (unpaired) electrons. The highest BCUT2D eigenvalue weighted by atomic mass is 16.5. The van der Waals surface area contributed by atoms with Crippen molar-refractivity contribution in [3.8, 4) is 11.3 Å². The SMILES string of the molecule is COC(=O)c1ccc(C)c(-c2ccc(/C=C3/NC(=O)N(CC(=O)Nc4ccc(C)cc4)C3=O)o2)c1. The summed E-state index contributed by atoms with van der Waals surface area (Å²) in [6.07, 6.45) is 1.39. The fourth-order valence-electron chi connectivity index (χ4n) is 3.55. The first kappa shape index (κ1) is 23.5. The van der Waals surface area contributed by atoms with Crippen LogP contribution >= 0.6 is 0 Å². The van der Waals surface area contributed by atoms with Gasteiger partial charge in [0.05, 0.1) is 12.7 Å². The van der Waals surface area contributed by atoms with Gasteiger partial charge in [-0.1, -0.05) is 23.8 Å². The summed E-state index contributed by atoms with van der Waals surface area (Å²) in [5.41, 5.74) is 3.54. The standard InChI is InChI=1S/C26H23N3O6/c1-15-4-8-18(9-5-15)27-23(30)14-29-24(31)21(28-26(29)33)13-19-10-11-22(35-19)20-12-17(25(32)34-3)7-6-16(20)2/h4-13H,14H2,1-3H3,(H,27,30)(H,28,33)/b21-13+. The molecule has 0 atom stereocenters. The summed E-state index contributed by atoms with van der Waals surface area (Å²) in [5, 5.41) is 5.13. The molecule has 1 saturated heterocycles. The summed E-state index contributed by atoms with van der Waals surface area (Å²) in [5.74, 6) is -0.815. The zero-order chi connectivity index (χ0) is 25.1. The molecule has 4 amide bonds. The Bertz CT molecular complexity index is 1350. The molecule has 1 aliphatic rings. The number of nitrogens with zero attached hydrogens (tertiary/aromatic N) is 1. The Balaban J connectivity index is 1.48. The lowest BCUT2D eigenvalue weighted by atomic mass is 10.0. The van der Waals surface area contributed by atoms with Crippen molar-refractivity contribution in [1.29, 1.82) is 0 Å². The average Bonchev–Trinajstić information content (AvgIpc) is 3.40. The van der Waals surface area contributed by atoms with Gasteiger partial charge in [-0.05, 0) is 55.8 Å².